The minimum atomic E-state index is 0.135. The van der Waals surface area contributed by atoms with Crippen molar-refractivity contribution in [2.75, 3.05) is 0 Å². The molecule has 2 rings (SSSR count). The fourth-order valence-corrected chi connectivity index (χ4v) is 2.31. The third kappa shape index (κ3) is 1.96. The number of nitrogens with zero attached hydrogens (tertiary/aromatic N) is 2. The van der Waals surface area contributed by atoms with Gasteiger partial charge in [-0.2, -0.15) is 0 Å². The summed E-state index contributed by atoms with van der Waals surface area (Å²) in [6.07, 6.45) is 5.17. The number of aromatic nitrogens is 2. The van der Waals surface area contributed by atoms with Gasteiger partial charge in [-0.1, -0.05) is 13.3 Å². The lowest BCUT2D eigenvalue weighted by molar-refractivity contribution is 0.403. The predicted octanol–water partition coefficient (Wildman–Crippen LogP) is 2.09. The Morgan fingerprint density at radius 3 is 3.13 bits per heavy atom. The van der Waals surface area contributed by atoms with Crippen molar-refractivity contribution in [1.82, 2.24) is 9.55 Å². The maximum Gasteiger partial charge on any atom is 0.253 e. The second kappa shape index (κ2) is 4.17. The second-order valence-electron chi connectivity index (χ2n) is 4.36. The van der Waals surface area contributed by atoms with E-state index in [9.17, 15) is 4.79 Å². The van der Waals surface area contributed by atoms with Gasteiger partial charge < -0.3 is 0 Å². The van der Waals surface area contributed by atoms with Gasteiger partial charge in [0.05, 0.1) is 0 Å². The van der Waals surface area contributed by atoms with E-state index in [1.54, 1.807) is 6.07 Å². The van der Waals surface area contributed by atoms with Crippen LogP contribution in [-0.4, -0.2) is 9.55 Å². The number of hydrogen-bond acceptors (Lipinski definition) is 2. The molecular weight excluding hydrogens is 188 g/mol. The first kappa shape index (κ1) is 10.4. The van der Waals surface area contributed by atoms with Crippen LogP contribution in [-0.2, 0) is 12.8 Å². The molecule has 0 bridgehead atoms. The van der Waals surface area contributed by atoms with Gasteiger partial charge in [0.2, 0.25) is 0 Å². The van der Waals surface area contributed by atoms with Gasteiger partial charge in [-0.15, -0.1) is 0 Å². The van der Waals surface area contributed by atoms with E-state index in [0.717, 1.165) is 43.6 Å². The summed E-state index contributed by atoms with van der Waals surface area (Å²) in [5.74, 6) is 0.990. The van der Waals surface area contributed by atoms with E-state index in [4.69, 9.17) is 0 Å². The average Bonchev–Trinajstić information content (AvgIpc) is 2.17. The van der Waals surface area contributed by atoms with E-state index in [1.807, 2.05) is 4.57 Å². The Morgan fingerprint density at radius 2 is 2.40 bits per heavy atom. The van der Waals surface area contributed by atoms with Crippen molar-refractivity contribution in [3.8, 4) is 0 Å². The van der Waals surface area contributed by atoms with Crippen LogP contribution in [0.3, 0.4) is 0 Å². The SMILES string of the molecule is CCCc1cc(=O)n2c(n1)CCC[C@@H]2C. The molecule has 1 aliphatic rings. The molecule has 0 saturated heterocycles. The summed E-state index contributed by atoms with van der Waals surface area (Å²) in [5, 5.41) is 0. The van der Waals surface area contributed by atoms with Gasteiger partial charge in [0.25, 0.3) is 5.56 Å². The zero-order valence-electron chi connectivity index (χ0n) is 9.49. The number of hydrogen-bond donors (Lipinski definition) is 0. The van der Waals surface area contributed by atoms with Gasteiger partial charge in [0.1, 0.15) is 5.82 Å². The fourth-order valence-electron chi connectivity index (χ4n) is 2.31. The Bertz CT molecular complexity index is 409. The van der Waals surface area contributed by atoms with Crippen molar-refractivity contribution >= 4 is 0 Å². The highest BCUT2D eigenvalue weighted by molar-refractivity contribution is 5.07. The van der Waals surface area contributed by atoms with E-state index in [1.165, 1.54) is 0 Å². The fraction of sp³-hybridized carbons (Fsp3) is 0.667. The van der Waals surface area contributed by atoms with Crippen LogP contribution in [0.1, 0.15) is 50.7 Å². The summed E-state index contributed by atoms with van der Waals surface area (Å²) >= 11 is 0. The normalized spacial score (nSPS) is 20.0. The van der Waals surface area contributed by atoms with E-state index in [0.29, 0.717) is 6.04 Å². The van der Waals surface area contributed by atoms with E-state index >= 15 is 0 Å². The molecule has 1 aromatic heterocycles. The Morgan fingerprint density at radius 1 is 1.60 bits per heavy atom. The van der Waals surface area contributed by atoms with Crippen LogP contribution in [0, 0.1) is 0 Å². The topological polar surface area (TPSA) is 34.9 Å². The molecule has 0 amide bonds. The molecule has 0 N–H and O–H groups in total. The standard InChI is InChI=1S/C12H18N2O/c1-3-5-10-8-12(15)14-9(2)6-4-7-11(14)13-10/h8-9H,3-7H2,1-2H3/t9-/m0/s1. The molecule has 0 radical (unpaired) electrons. The lowest BCUT2D eigenvalue weighted by atomic mass is 10.1. The van der Waals surface area contributed by atoms with Crippen LogP contribution in [0.15, 0.2) is 10.9 Å². The first-order chi connectivity index (χ1) is 7.22. The highest BCUT2D eigenvalue weighted by atomic mass is 16.1. The lowest BCUT2D eigenvalue weighted by Crippen LogP contribution is -2.31. The summed E-state index contributed by atoms with van der Waals surface area (Å²) in [4.78, 5) is 16.5. The summed E-state index contributed by atoms with van der Waals surface area (Å²) in [6, 6.07) is 2.03. The molecule has 0 saturated carbocycles. The summed E-state index contributed by atoms with van der Waals surface area (Å²) in [6.45, 7) is 4.21. The third-order valence-electron chi connectivity index (χ3n) is 3.05. The van der Waals surface area contributed by atoms with Crippen LogP contribution in [0.5, 0.6) is 0 Å². The summed E-state index contributed by atoms with van der Waals surface area (Å²) in [5.41, 5.74) is 1.10. The smallest absolute Gasteiger partial charge is 0.253 e. The molecule has 1 aromatic rings. The highest BCUT2D eigenvalue weighted by Gasteiger charge is 2.18. The van der Waals surface area contributed by atoms with E-state index in [-0.39, 0.29) is 5.56 Å². The van der Waals surface area contributed by atoms with Crippen LogP contribution in [0.25, 0.3) is 0 Å². The van der Waals surface area contributed by atoms with Crippen LogP contribution in [0.4, 0.5) is 0 Å². The summed E-state index contributed by atoms with van der Waals surface area (Å²) < 4.78 is 1.86. The first-order valence-corrected chi connectivity index (χ1v) is 5.83. The van der Waals surface area contributed by atoms with E-state index in [2.05, 4.69) is 18.8 Å². The molecular formula is C12H18N2O. The second-order valence-corrected chi connectivity index (χ2v) is 4.36. The predicted molar refractivity (Wildman–Crippen MR) is 60.1 cm³/mol. The van der Waals surface area contributed by atoms with Gasteiger partial charge in [-0.25, -0.2) is 4.98 Å². The Hall–Kier alpha value is -1.12. The minimum absolute atomic E-state index is 0.135. The minimum Gasteiger partial charge on any atom is -0.294 e. The molecule has 0 spiro atoms. The van der Waals surface area contributed by atoms with Crippen molar-refractivity contribution in [3.05, 3.63) is 27.9 Å². The van der Waals surface area contributed by atoms with Gasteiger partial charge >= 0.3 is 0 Å². The van der Waals surface area contributed by atoms with E-state index < -0.39 is 0 Å². The summed E-state index contributed by atoms with van der Waals surface area (Å²) in [7, 11) is 0. The average molecular weight is 206 g/mol. The Labute approximate surface area is 90.2 Å². The molecule has 3 nitrogen and oxygen atoms in total. The zero-order chi connectivity index (χ0) is 10.8. The van der Waals surface area contributed by atoms with Crippen molar-refractivity contribution in [2.24, 2.45) is 0 Å². The van der Waals surface area contributed by atoms with Gasteiger partial charge in [-0.05, 0) is 26.2 Å². The molecule has 1 atom stereocenters. The van der Waals surface area contributed by atoms with Crippen LogP contribution in [0.2, 0.25) is 0 Å². The van der Waals surface area contributed by atoms with Gasteiger partial charge in [-0.3, -0.25) is 9.36 Å². The first-order valence-electron chi connectivity index (χ1n) is 5.83. The molecule has 3 heteroatoms. The van der Waals surface area contributed by atoms with Crippen molar-refractivity contribution < 1.29 is 0 Å². The lowest BCUT2D eigenvalue weighted by Gasteiger charge is -2.24. The number of fused-ring (bicyclic) bond motifs is 1. The molecule has 1 aliphatic heterocycles. The Balaban J connectivity index is 2.46. The van der Waals surface area contributed by atoms with Crippen LogP contribution < -0.4 is 5.56 Å². The molecule has 0 unspecified atom stereocenters. The van der Waals surface area contributed by atoms with Gasteiger partial charge in [0.15, 0.2) is 0 Å². The maximum absolute atomic E-state index is 11.9. The number of rotatable bonds is 2. The maximum atomic E-state index is 11.9. The Kier molecular flexibility index (Phi) is 2.89. The monoisotopic (exact) mass is 206 g/mol. The zero-order valence-corrected chi connectivity index (χ0v) is 9.49. The third-order valence-corrected chi connectivity index (χ3v) is 3.05. The molecule has 0 aliphatic carbocycles. The quantitative estimate of drug-likeness (QED) is 0.742. The van der Waals surface area contributed by atoms with Crippen LogP contribution >= 0.6 is 0 Å². The van der Waals surface area contributed by atoms with Crippen molar-refractivity contribution in [3.63, 3.8) is 0 Å². The van der Waals surface area contributed by atoms with Crippen molar-refractivity contribution in [1.29, 1.82) is 0 Å². The molecule has 0 aromatic carbocycles. The molecule has 82 valence electrons. The number of aryl methyl sites for hydroxylation is 2. The largest absolute Gasteiger partial charge is 0.294 e. The molecule has 0 fully saturated rings. The molecule has 2 heterocycles. The highest BCUT2D eigenvalue weighted by Crippen LogP contribution is 2.20. The molecule has 15 heavy (non-hydrogen) atoms. The van der Waals surface area contributed by atoms with Crippen molar-refractivity contribution in [2.45, 2.75) is 52.0 Å². The van der Waals surface area contributed by atoms with Gasteiger partial charge in [0, 0.05) is 24.2 Å².